The zero-order chi connectivity index (χ0) is 22.9. The molecule has 0 bridgehead atoms. The number of hydrogen-bond acceptors (Lipinski definition) is 5. The van der Waals surface area contributed by atoms with Crippen LogP contribution >= 0.6 is 0 Å². The second-order valence-electron chi connectivity index (χ2n) is 7.87. The van der Waals surface area contributed by atoms with Gasteiger partial charge in [-0.3, -0.25) is 9.69 Å². The van der Waals surface area contributed by atoms with Crippen LogP contribution in [0, 0.1) is 0 Å². The fraction of sp³-hybridized carbons (Fsp3) is 0.269. The van der Waals surface area contributed by atoms with Crippen LogP contribution in [0.1, 0.15) is 29.7 Å². The molecule has 3 aromatic carbocycles. The van der Waals surface area contributed by atoms with Crippen molar-refractivity contribution < 1.29 is 19.7 Å². The lowest BCUT2D eigenvalue weighted by molar-refractivity contribution is -0.105. The number of methoxy groups -OCH3 is 1. The Morgan fingerprint density at radius 2 is 1.75 bits per heavy atom. The lowest BCUT2D eigenvalue weighted by atomic mass is 10.0. The standard InChI is InChI=1S/C26H30N2O4/c1-19(14-20-8-11-23(32-2)12-9-20)28(16-21-6-4-3-5-7-21)17-26(31)22-10-13-25(30)24(15-22)27-18-29/h3-13,15,18-19,26,30-31H,14,16-17H2,1-2H3,(H,27,29)/t19-,26+/m1/s1. The van der Waals surface area contributed by atoms with Crippen molar-refractivity contribution in [1.29, 1.82) is 0 Å². The fourth-order valence-corrected chi connectivity index (χ4v) is 3.72. The number of aliphatic hydroxyl groups excluding tert-OH is 1. The van der Waals surface area contributed by atoms with Crippen molar-refractivity contribution in [3.63, 3.8) is 0 Å². The molecule has 0 aliphatic carbocycles. The van der Waals surface area contributed by atoms with E-state index in [-0.39, 0.29) is 17.5 Å². The van der Waals surface area contributed by atoms with Gasteiger partial charge in [0.2, 0.25) is 6.41 Å². The smallest absolute Gasteiger partial charge is 0.211 e. The van der Waals surface area contributed by atoms with E-state index in [1.165, 1.54) is 11.6 Å². The first kappa shape index (κ1) is 23.3. The molecule has 0 fully saturated rings. The third-order valence-electron chi connectivity index (χ3n) is 5.57. The Morgan fingerprint density at radius 3 is 2.41 bits per heavy atom. The first-order chi connectivity index (χ1) is 15.5. The Balaban J connectivity index is 1.78. The molecule has 0 saturated heterocycles. The molecule has 0 spiro atoms. The van der Waals surface area contributed by atoms with Crippen molar-refractivity contribution in [2.45, 2.75) is 32.0 Å². The molecule has 0 aliphatic heterocycles. The summed E-state index contributed by atoms with van der Waals surface area (Å²) >= 11 is 0. The van der Waals surface area contributed by atoms with E-state index in [4.69, 9.17) is 4.74 Å². The summed E-state index contributed by atoms with van der Waals surface area (Å²) in [6.07, 6.45) is 0.533. The highest BCUT2D eigenvalue weighted by Gasteiger charge is 2.20. The molecule has 3 aromatic rings. The average Bonchev–Trinajstić information content (AvgIpc) is 2.81. The van der Waals surface area contributed by atoms with Crippen LogP contribution in [-0.2, 0) is 17.8 Å². The summed E-state index contributed by atoms with van der Waals surface area (Å²) in [4.78, 5) is 13.0. The van der Waals surface area contributed by atoms with Gasteiger partial charge in [-0.2, -0.15) is 0 Å². The average molecular weight is 435 g/mol. The monoisotopic (exact) mass is 434 g/mol. The molecule has 0 unspecified atom stereocenters. The van der Waals surface area contributed by atoms with E-state index in [9.17, 15) is 15.0 Å². The second-order valence-corrected chi connectivity index (χ2v) is 7.87. The summed E-state index contributed by atoms with van der Waals surface area (Å²) in [5.41, 5.74) is 3.25. The molecule has 1 amide bonds. The molecule has 0 aromatic heterocycles. The van der Waals surface area contributed by atoms with Crippen LogP contribution in [-0.4, -0.2) is 41.2 Å². The lowest BCUT2D eigenvalue weighted by Crippen LogP contribution is -2.37. The van der Waals surface area contributed by atoms with Gasteiger partial charge in [0.15, 0.2) is 0 Å². The molecule has 6 heteroatoms. The van der Waals surface area contributed by atoms with E-state index in [0.29, 0.717) is 25.1 Å². The Kier molecular flexibility index (Phi) is 8.25. The zero-order valence-electron chi connectivity index (χ0n) is 18.4. The molecular weight excluding hydrogens is 404 g/mol. The minimum absolute atomic E-state index is 0.0398. The second kappa shape index (κ2) is 11.3. The third kappa shape index (κ3) is 6.33. The van der Waals surface area contributed by atoms with Crippen LogP contribution < -0.4 is 10.1 Å². The van der Waals surface area contributed by atoms with Gasteiger partial charge in [0.25, 0.3) is 0 Å². The van der Waals surface area contributed by atoms with E-state index < -0.39 is 6.10 Å². The molecule has 32 heavy (non-hydrogen) atoms. The van der Waals surface area contributed by atoms with Crippen molar-refractivity contribution in [3.05, 3.63) is 89.5 Å². The molecule has 6 nitrogen and oxygen atoms in total. The van der Waals surface area contributed by atoms with Crippen LogP contribution in [0.15, 0.2) is 72.8 Å². The zero-order valence-corrected chi connectivity index (χ0v) is 18.4. The number of hydrogen-bond donors (Lipinski definition) is 3. The maximum absolute atomic E-state index is 11.0. The summed E-state index contributed by atoms with van der Waals surface area (Å²) < 4.78 is 5.25. The van der Waals surface area contributed by atoms with Gasteiger partial charge in [-0.1, -0.05) is 48.5 Å². The minimum Gasteiger partial charge on any atom is -0.506 e. The topological polar surface area (TPSA) is 82.0 Å². The largest absolute Gasteiger partial charge is 0.506 e. The quantitative estimate of drug-likeness (QED) is 0.312. The van der Waals surface area contributed by atoms with Crippen LogP contribution in [0.4, 0.5) is 5.69 Å². The normalized spacial score (nSPS) is 12.9. The van der Waals surface area contributed by atoms with E-state index in [1.54, 1.807) is 19.2 Å². The maximum Gasteiger partial charge on any atom is 0.211 e. The summed E-state index contributed by atoms with van der Waals surface area (Å²) in [6, 6.07) is 23.1. The fourth-order valence-electron chi connectivity index (χ4n) is 3.72. The minimum atomic E-state index is -0.787. The molecule has 0 heterocycles. The van der Waals surface area contributed by atoms with Crippen molar-refractivity contribution in [3.8, 4) is 11.5 Å². The Hall–Kier alpha value is -3.35. The number of rotatable bonds is 11. The number of phenols is 1. The summed E-state index contributed by atoms with van der Waals surface area (Å²) in [5, 5.41) is 23.3. The molecule has 3 rings (SSSR count). The summed E-state index contributed by atoms with van der Waals surface area (Å²) in [7, 11) is 1.65. The number of carbonyl (C=O) groups is 1. The first-order valence-corrected chi connectivity index (χ1v) is 10.6. The number of phenolic OH excluding ortho intramolecular Hbond substituents is 1. The van der Waals surface area contributed by atoms with Gasteiger partial charge in [0.05, 0.1) is 18.9 Å². The van der Waals surface area contributed by atoms with E-state index in [2.05, 4.69) is 41.4 Å². The van der Waals surface area contributed by atoms with Crippen molar-refractivity contribution in [2.24, 2.45) is 0 Å². The molecule has 2 atom stereocenters. The number of nitrogens with one attached hydrogen (secondary N) is 1. The number of ether oxygens (including phenoxy) is 1. The first-order valence-electron chi connectivity index (χ1n) is 10.6. The Labute approximate surface area is 189 Å². The van der Waals surface area contributed by atoms with Gasteiger partial charge in [-0.15, -0.1) is 0 Å². The number of benzene rings is 3. The molecule has 3 N–H and O–H groups in total. The number of amides is 1. The number of aromatic hydroxyl groups is 1. The van der Waals surface area contributed by atoms with Crippen molar-refractivity contribution in [1.82, 2.24) is 4.90 Å². The van der Waals surface area contributed by atoms with Crippen molar-refractivity contribution >= 4 is 12.1 Å². The highest BCUT2D eigenvalue weighted by molar-refractivity contribution is 5.75. The molecular formula is C26H30N2O4. The molecule has 0 aliphatic rings. The van der Waals surface area contributed by atoms with Gasteiger partial charge in [-0.05, 0) is 54.3 Å². The van der Waals surface area contributed by atoms with Gasteiger partial charge in [-0.25, -0.2) is 0 Å². The van der Waals surface area contributed by atoms with E-state index in [0.717, 1.165) is 17.7 Å². The number of aliphatic hydroxyl groups is 1. The highest BCUT2D eigenvalue weighted by atomic mass is 16.5. The molecule has 0 saturated carbocycles. The lowest BCUT2D eigenvalue weighted by Gasteiger charge is -2.31. The van der Waals surface area contributed by atoms with E-state index >= 15 is 0 Å². The van der Waals surface area contributed by atoms with Gasteiger partial charge >= 0.3 is 0 Å². The Bertz CT molecular complexity index is 992. The SMILES string of the molecule is COc1ccc(C[C@@H](C)N(Cc2ccccc2)C[C@H](O)c2ccc(O)c(NC=O)c2)cc1. The van der Waals surface area contributed by atoms with Crippen LogP contribution in [0.3, 0.4) is 0 Å². The van der Waals surface area contributed by atoms with Gasteiger partial charge < -0.3 is 20.3 Å². The molecule has 0 radical (unpaired) electrons. The van der Waals surface area contributed by atoms with Crippen LogP contribution in [0.5, 0.6) is 11.5 Å². The number of anilines is 1. The van der Waals surface area contributed by atoms with Crippen LogP contribution in [0.2, 0.25) is 0 Å². The highest BCUT2D eigenvalue weighted by Crippen LogP contribution is 2.28. The third-order valence-corrected chi connectivity index (χ3v) is 5.57. The predicted molar refractivity (Wildman–Crippen MR) is 126 cm³/mol. The number of nitrogens with zero attached hydrogens (tertiary/aromatic N) is 1. The molecule has 168 valence electrons. The van der Waals surface area contributed by atoms with E-state index in [1.807, 2.05) is 30.3 Å². The maximum atomic E-state index is 11.0. The van der Waals surface area contributed by atoms with Gasteiger partial charge in [0, 0.05) is 19.1 Å². The van der Waals surface area contributed by atoms with Crippen molar-refractivity contribution in [2.75, 3.05) is 19.0 Å². The summed E-state index contributed by atoms with van der Waals surface area (Å²) in [6.45, 7) is 3.24. The Morgan fingerprint density at radius 1 is 1.03 bits per heavy atom. The van der Waals surface area contributed by atoms with Crippen LogP contribution in [0.25, 0.3) is 0 Å². The predicted octanol–water partition coefficient (Wildman–Crippen LogP) is 4.14. The number of carbonyl (C=O) groups excluding carboxylic acids is 1. The van der Waals surface area contributed by atoms with Gasteiger partial charge in [0.1, 0.15) is 11.5 Å². The summed E-state index contributed by atoms with van der Waals surface area (Å²) in [5.74, 6) is 0.784.